The molecule has 2 aromatic rings. The van der Waals surface area contributed by atoms with Crippen molar-refractivity contribution in [2.24, 2.45) is 0 Å². The Morgan fingerprint density at radius 3 is 2.17 bits per heavy atom. The number of hydrogen-bond acceptors (Lipinski definition) is 2. The number of anilines is 1. The maximum Gasteiger partial charge on any atom is 0.195 e. The highest BCUT2D eigenvalue weighted by molar-refractivity contribution is 6.12. The second-order valence-corrected chi connectivity index (χ2v) is 4.67. The quantitative estimate of drug-likeness (QED) is 0.644. The van der Waals surface area contributed by atoms with Crippen molar-refractivity contribution in [1.29, 1.82) is 0 Å². The second kappa shape index (κ2) is 4.65. The van der Waals surface area contributed by atoms with Crippen LogP contribution in [0.25, 0.3) is 0 Å². The first-order chi connectivity index (χ1) is 8.50. The molecule has 92 valence electrons. The summed E-state index contributed by atoms with van der Waals surface area (Å²) in [6, 6.07) is 11.2. The van der Waals surface area contributed by atoms with Gasteiger partial charge >= 0.3 is 0 Å². The van der Waals surface area contributed by atoms with E-state index in [-0.39, 0.29) is 5.78 Å². The molecule has 0 fully saturated rings. The summed E-state index contributed by atoms with van der Waals surface area (Å²) >= 11 is 0. The SMILES string of the molecule is Cc1cc(C)c(C(=O)c2ccccc2N)cc1C. The summed E-state index contributed by atoms with van der Waals surface area (Å²) in [6.07, 6.45) is 0. The van der Waals surface area contributed by atoms with Crippen LogP contribution in [0.1, 0.15) is 32.6 Å². The van der Waals surface area contributed by atoms with Crippen LogP contribution in [-0.4, -0.2) is 5.78 Å². The minimum absolute atomic E-state index is 0.00583. The van der Waals surface area contributed by atoms with Crippen LogP contribution in [0.3, 0.4) is 0 Å². The van der Waals surface area contributed by atoms with Gasteiger partial charge in [-0.15, -0.1) is 0 Å². The minimum atomic E-state index is -0.00583. The van der Waals surface area contributed by atoms with Crippen molar-refractivity contribution in [3.05, 3.63) is 64.2 Å². The van der Waals surface area contributed by atoms with E-state index in [4.69, 9.17) is 5.73 Å². The van der Waals surface area contributed by atoms with Gasteiger partial charge in [0.1, 0.15) is 0 Å². The van der Waals surface area contributed by atoms with Gasteiger partial charge in [-0.1, -0.05) is 18.2 Å². The maximum atomic E-state index is 12.5. The highest BCUT2D eigenvalue weighted by Gasteiger charge is 2.14. The topological polar surface area (TPSA) is 43.1 Å². The molecule has 0 heterocycles. The van der Waals surface area contributed by atoms with Gasteiger partial charge in [0.05, 0.1) is 0 Å². The summed E-state index contributed by atoms with van der Waals surface area (Å²) in [4.78, 5) is 12.5. The van der Waals surface area contributed by atoms with E-state index in [1.54, 1.807) is 12.1 Å². The Kier molecular flexibility index (Phi) is 3.19. The number of carbonyl (C=O) groups is 1. The number of nitrogens with two attached hydrogens (primary N) is 1. The van der Waals surface area contributed by atoms with Gasteiger partial charge in [0.15, 0.2) is 5.78 Å². The predicted molar refractivity (Wildman–Crippen MR) is 74.9 cm³/mol. The zero-order valence-electron chi connectivity index (χ0n) is 10.9. The molecule has 0 amide bonds. The first-order valence-corrected chi connectivity index (χ1v) is 5.97. The molecule has 0 aromatic heterocycles. The van der Waals surface area contributed by atoms with E-state index in [2.05, 4.69) is 0 Å². The third-order valence-electron chi connectivity index (χ3n) is 3.29. The molecule has 18 heavy (non-hydrogen) atoms. The molecular formula is C16H17NO. The van der Waals surface area contributed by atoms with Crippen LogP contribution in [0.2, 0.25) is 0 Å². The van der Waals surface area contributed by atoms with E-state index >= 15 is 0 Å². The molecule has 0 saturated heterocycles. The molecule has 2 N–H and O–H groups in total. The molecular weight excluding hydrogens is 222 g/mol. The summed E-state index contributed by atoms with van der Waals surface area (Å²) in [5.41, 5.74) is 11.0. The Hall–Kier alpha value is -2.09. The Morgan fingerprint density at radius 1 is 0.889 bits per heavy atom. The smallest absolute Gasteiger partial charge is 0.195 e. The van der Waals surface area contributed by atoms with Crippen LogP contribution in [0.5, 0.6) is 0 Å². The Balaban J connectivity index is 2.53. The summed E-state index contributed by atoms with van der Waals surface area (Å²) in [6.45, 7) is 6.02. The minimum Gasteiger partial charge on any atom is -0.398 e. The van der Waals surface area contributed by atoms with Crippen molar-refractivity contribution in [2.45, 2.75) is 20.8 Å². The number of carbonyl (C=O) groups excluding carboxylic acids is 1. The van der Waals surface area contributed by atoms with Crippen LogP contribution in [0.15, 0.2) is 36.4 Å². The zero-order chi connectivity index (χ0) is 13.3. The summed E-state index contributed by atoms with van der Waals surface area (Å²) in [5.74, 6) is -0.00583. The van der Waals surface area contributed by atoms with Gasteiger partial charge in [-0.05, 0) is 55.7 Å². The lowest BCUT2D eigenvalue weighted by molar-refractivity contribution is 0.103. The molecule has 0 saturated carbocycles. The van der Waals surface area contributed by atoms with Gasteiger partial charge in [-0.3, -0.25) is 4.79 Å². The largest absolute Gasteiger partial charge is 0.398 e. The molecule has 0 atom stereocenters. The molecule has 0 aliphatic heterocycles. The number of ketones is 1. The van der Waals surface area contributed by atoms with Crippen molar-refractivity contribution in [3.63, 3.8) is 0 Å². The van der Waals surface area contributed by atoms with E-state index in [0.717, 1.165) is 16.7 Å². The normalized spacial score (nSPS) is 10.4. The third-order valence-corrected chi connectivity index (χ3v) is 3.29. The molecule has 2 nitrogen and oxygen atoms in total. The first kappa shape index (κ1) is 12.4. The lowest BCUT2D eigenvalue weighted by Crippen LogP contribution is -2.07. The second-order valence-electron chi connectivity index (χ2n) is 4.67. The van der Waals surface area contributed by atoms with E-state index in [0.29, 0.717) is 11.3 Å². The molecule has 2 heteroatoms. The number of aryl methyl sites for hydroxylation is 3. The summed E-state index contributed by atoms with van der Waals surface area (Å²) in [7, 11) is 0. The maximum absolute atomic E-state index is 12.5. The number of benzene rings is 2. The average molecular weight is 239 g/mol. The molecule has 0 aliphatic carbocycles. The van der Waals surface area contributed by atoms with E-state index in [1.807, 2.05) is 45.0 Å². The fourth-order valence-corrected chi connectivity index (χ4v) is 2.05. The van der Waals surface area contributed by atoms with Gasteiger partial charge in [0, 0.05) is 16.8 Å². The molecule has 0 bridgehead atoms. The molecule has 0 radical (unpaired) electrons. The van der Waals surface area contributed by atoms with Gasteiger partial charge in [0.25, 0.3) is 0 Å². The zero-order valence-corrected chi connectivity index (χ0v) is 10.9. The van der Waals surface area contributed by atoms with Crippen LogP contribution in [0, 0.1) is 20.8 Å². The molecule has 0 unspecified atom stereocenters. The van der Waals surface area contributed by atoms with Crippen molar-refractivity contribution >= 4 is 11.5 Å². The summed E-state index contributed by atoms with van der Waals surface area (Å²) in [5, 5.41) is 0. The van der Waals surface area contributed by atoms with E-state index < -0.39 is 0 Å². The highest BCUT2D eigenvalue weighted by atomic mass is 16.1. The summed E-state index contributed by atoms with van der Waals surface area (Å²) < 4.78 is 0. The highest BCUT2D eigenvalue weighted by Crippen LogP contribution is 2.21. The fourth-order valence-electron chi connectivity index (χ4n) is 2.05. The van der Waals surface area contributed by atoms with Crippen molar-refractivity contribution in [3.8, 4) is 0 Å². The standard InChI is InChI=1S/C16H17NO/c1-10-8-12(3)14(9-11(10)2)16(18)13-6-4-5-7-15(13)17/h4-9H,17H2,1-3H3. The van der Waals surface area contributed by atoms with Crippen LogP contribution in [0.4, 0.5) is 5.69 Å². The Labute approximate surface area is 107 Å². The van der Waals surface area contributed by atoms with Crippen LogP contribution >= 0.6 is 0 Å². The number of rotatable bonds is 2. The van der Waals surface area contributed by atoms with Gasteiger partial charge in [-0.2, -0.15) is 0 Å². The lowest BCUT2D eigenvalue weighted by atomic mass is 9.94. The average Bonchev–Trinajstić information content (AvgIpc) is 2.33. The molecule has 0 spiro atoms. The van der Waals surface area contributed by atoms with Gasteiger partial charge in [0.2, 0.25) is 0 Å². The number of para-hydroxylation sites is 1. The van der Waals surface area contributed by atoms with Crippen LogP contribution < -0.4 is 5.73 Å². The third kappa shape index (κ3) is 2.14. The van der Waals surface area contributed by atoms with Crippen molar-refractivity contribution in [2.75, 3.05) is 5.73 Å². The van der Waals surface area contributed by atoms with E-state index in [1.165, 1.54) is 5.56 Å². The Morgan fingerprint density at radius 2 is 1.50 bits per heavy atom. The first-order valence-electron chi connectivity index (χ1n) is 5.97. The van der Waals surface area contributed by atoms with E-state index in [9.17, 15) is 4.79 Å². The molecule has 2 aromatic carbocycles. The monoisotopic (exact) mass is 239 g/mol. The number of hydrogen-bond donors (Lipinski definition) is 1. The van der Waals surface area contributed by atoms with Gasteiger partial charge in [-0.25, -0.2) is 0 Å². The van der Waals surface area contributed by atoms with Crippen molar-refractivity contribution < 1.29 is 4.79 Å². The number of nitrogen functional groups attached to an aromatic ring is 1. The molecule has 2 rings (SSSR count). The van der Waals surface area contributed by atoms with Crippen LogP contribution in [-0.2, 0) is 0 Å². The van der Waals surface area contributed by atoms with Gasteiger partial charge < -0.3 is 5.73 Å². The molecule has 0 aliphatic rings. The van der Waals surface area contributed by atoms with Crippen molar-refractivity contribution in [1.82, 2.24) is 0 Å². The Bertz CT molecular complexity index is 614. The fraction of sp³-hybridized carbons (Fsp3) is 0.188. The predicted octanol–water partition coefficient (Wildman–Crippen LogP) is 3.43. The lowest BCUT2D eigenvalue weighted by Gasteiger charge is -2.10.